The lowest BCUT2D eigenvalue weighted by atomic mass is 9.57. The van der Waals surface area contributed by atoms with Gasteiger partial charge in [-0.1, -0.05) is 46.3 Å². The Labute approximate surface area is 194 Å². The van der Waals surface area contributed by atoms with Gasteiger partial charge in [-0.05, 0) is 67.2 Å². The molecule has 32 heavy (non-hydrogen) atoms. The average Bonchev–Trinajstić information content (AvgIpc) is 3.18. The van der Waals surface area contributed by atoms with Gasteiger partial charge in [-0.15, -0.1) is 0 Å². The highest BCUT2D eigenvalue weighted by Gasteiger charge is 2.47. The molecule has 0 heterocycles. The second-order valence-corrected chi connectivity index (χ2v) is 8.98. The fourth-order valence-corrected chi connectivity index (χ4v) is 5.21. The molecule has 4 atom stereocenters. The smallest absolute Gasteiger partial charge is 0.292 e. The number of aliphatic hydroxyl groups excluding tert-OH is 1. The van der Waals surface area contributed by atoms with Crippen molar-refractivity contribution in [2.45, 2.75) is 92.6 Å². The van der Waals surface area contributed by atoms with Gasteiger partial charge in [0.05, 0.1) is 13.2 Å². The summed E-state index contributed by atoms with van der Waals surface area (Å²) in [5.74, 6) is 1.90. The molecule has 0 saturated heterocycles. The van der Waals surface area contributed by atoms with E-state index in [9.17, 15) is 14.7 Å². The Morgan fingerprint density at radius 2 is 1.91 bits per heavy atom. The maximum absolute atomic E-state index is 11.8. The molecule has 4 rings (SSSR count). The predicted molar refractivity (Wildman–Crippen MR) is 128 cm³/mol. The molecule has 4 aliphatic carbocycles. The largest absolute Gasteiger partial charge is 0.471 e. The second kappa shape index (κ2) is 12.9. The standard InChI is InChI=1S/C19H24O2.C4H8O.C2H4O2.C2H6/c1-11-3-4-14-13(11)5-6-16-15(14)10-18(21)17-9-12(20)7-8-19(16,17)2;1-3-4(2)5;1-4-2-3;1-2/h4,9,11,13,18,21H,3,5-8,10H2,1-2H3;3H2,1-2H3;2H,1H3;1-2H3/t11?,13?,18-,19?;;;/m1.../s1. The maximum atomic E-state index is 11.8. The molecule has 5 heteroatoms. The lowest BCUT2D eigenvalue weighted by Gasteiger charge is -2.48. The molecule has 0 aromatic carbocycles. The topological polar surface area (TPSA) is 80.7 Å². The molecule has 3 unspecified atom stereocenters. The summed E-state index contributed by atoms with van der Waals surface area (Å²) in [5, 5.41) is 10.6. The Hall–Kier alpha value is -2.01. The minimum atomic E-state index is -0.464. The van der Waals surface area contributed by atoms with Gasteiger partial charge in [0.1, 0.15) is 5.78 Å². The SMILES string of the molecule is CC.CC1CC=C2C3=C(CCC21)C1(C)CCC(=O)C=C1[C@H](O)C3.CCC(C)=O.COC=O. The Morgan fingerprint density at radius 3 is 2.44 bits per heavy atom. The minimum Gasteiger partial charge on any atom is -0.471 e. The Kier molecular flexibility index (Phi) is 11.3. The van der Waals surface area contributed by atoms with Gasteiger partial charge < -0.3 is 14.6 Å². The third kappa shape index (κ3) is 6.28. The number of aliphatic hydroxyl groups is 1. The van der Waals surface area contributed by atoms with Crippen LogP contribution in [-0.2, 0) is 19.1 Å². The van der Waals surface area contributed by atoms with E-state index in [4.69, 9.17) is 4.79 Å². The van der Waals surface area contributed by atoms with E-state index in [1.807, 2.05) is 20.8 Å². The normalized spacial score (nSPS) is 29.6. The third-order valence-electron chi connectivity index (χ3n) is 7.06. The summed E-state index contributed by atoms with van der Waals surface area (Å²) in [6.07, 6.45) is 10.2. The number of rotatable bonds is 2. The van der Waals surface area contributed by atoms with Crippen molar-refractivity contribution in [2.24, 2.45) is 17.3 Å². The number of hydrogen-bond donors (Lipinski definition) is 1. The molecule has 0 saturated carbocycles. The molecule has 0 fully saturated rings. The first kappa shape index (κ1) is 28.0. The van der Waals surface area contributed by atoms with Crippen LogP contribution in [0.15, 0.2) is 34.4 Å². The molecule has 0 aliphatic heterocycles. The summed E-state index contributed by atoms with van der Waals surface area (Å²) < 4.78 is 3.86. The van der Waals surface area contributed by atoms with Gasteiger partial charge >= 0.3 is 0 Å². The molecule has 0 aromatic rings. The molecule has 0 spiro atoms. The van der Waals surface area contributed by atoms with E-state index in [2.05, 4.69) is 24.7 Å². The van der Waals surface area contributed by atoms with Gasteiger partial charge in [0.2, 0.25) is 0 Å². The predicted octanol–water partition coefficient (Wildman–Crippen LogP) is 5.52. The summed E-state index contributed by atoms with van der Waals surface area (Å²) in [6.45, 7) is 12.4. The fraction of sp³-hybridized carbons (Fsp3) is 0.667. The Balaban J connectivity index is 0.000000395. The van der Waals surface area contributed by atoms with Crippen LogP contribution in [0.2, 0.25) is 0 Å². The Morgan fingerprint density at radius 1 is 1.31 bits per heavy atom. The van der Waals surface area contributed by atoms with E-state index >= 15 is 0 Å². The lowest BCUT2D eigenvalue weighted by Crippen LogP contribution is -2.40. The van der Waals surface area contributed by atoms with Gasteiger partial charge in [-0.3, -0.25) is 9.59 Å². The van der Waals surface area contributed by atoms with Crippen LogP contribution < -0.4 is 0 Å². The third-order valence-corrected chi connectivity index (χ3v) is 7.06. The molecular formula is C27H42O5. The number of carbonyl (C=O) groups is 3. The van der Waals surface area contributed by atoms with Crippen molar-refractivity contribution in [3.63, 3.8) is 0 Å². The zero-order valence-electron chi connectivity index (χ0n) is 21.0. The summed E-state index contributed by atoms with van der Waals surface area (Å²) in [7, 11) is 1.31. The second-order valence-electron chi connectivity index (χ2n) is 8.98. The van der Waals surface area contributed by atoms with Crippen molar-refractivity contribution in [2.75, 3.05) is 7.11 Å². The molecule has 1 N–H and O–H groups in total. The first-order chi connectivity index (χ1) is 15.2. The number of carbonyl (C=O) groups excluding carboxylic acids is 3. The zero-order valence-corrected chi connectivity index (χ0v) is 21.0. The highest BCUT2D eigenvalue weighted by molar-refractivity contribution is 5.92. The lowest BCUT2D eigenvalue weighted by molar-refractivity contribution is -0.126. The van der Waals surface area contributed by atoms with Crippen molar-refractivity contribution >= 4 is 18.0 Å². The van der Waals surface area contributed by atoms with Crippen LogP contribution in [0.4, 0.5) is 0 Å². The first-order valence-corrected chi connectivity index (χ1v) is 12.0. The monoisotopic (exact) mass is 446 g/mol. The van der Waals surface area contributed by atoms with Crippen LogP contribution in [0.25, 0.3) is 0 Å². The maximum Gasteiger partial charge on any atom is 0.292 e. The van der Waals surface area contributed by atoms with Crippen LogP contribution in [-0.4, -0.2) is 36.4 Å². The average molecular weight is 447 g/mol. The van der Waals surface area contributed by atoms with E-state index in [1.54, 1.807) is 13.0 Å². The molecule has 0 amide bonds. The van der Waals surface area contributed by atoms with E-state index in [1.165, 1.54) is 36.7 Å². The molecule has 180 valence electrons. The van der Waals surface area contributed by atoms with Crippen LogP contribution in [0.5, 0.6) is 0 Å². The van der Waals surface area contributed by atoms with E-state index < -0.39 is 6.10 Å². The highest BCUT2D eigenvalue weighted by atomic mass is 16.5. The van der Waals surface area contributed by atoms with Gasteiger partial charge in [0.15, 0.2) is 5.78 Å². The summed E-state index contributed by atoms with van der Waals surface area (Å²) >= 11 is 0. The summed E-state index contributed by atoms with van der Waals surface area (Å²) in [6, 6.07) is 0. The Bertz CT molecular complexity index is 773. The minimum absolute atomic E-state index is 0.0709. The van der Waals surface area contributed by atoms with Gasteiger partial charge in [-0.2, -0.15) is 0 Å². The number of Topliss-reactive ketones (excluding diaryl/α,β-unsaturated/α-hetero) is 1. The van der Waals surface area contributed by atoms with Crippen molar-refractivity contribution in [1.82, 2.24) is 0 Å². The van der Waals surface area contributed by atoms with Crippen molar-refractivity contribution < 1.29 is 24.2 Å². The number of allylic oxidation sites excluding steroid dienone is 4. The highest BCUT2D eigenvalue weighted by Crippen LogP contribution is 2.57. The molecule has 4 aliphatic rings. The number of ether oxygens (including phenoxy) is 1. The zero-order chi connectivity index (χ0) is 24.5. The number of hydrogen-bond acceptors (Lipinski definition) is 5. The van der Waals surface area contributed by atoms with Crippen molar-refractivity contribution in [3.05, 3.63) is 34.4 Å². The molecular weight excluding hydrogens is 404 g/mol. The molecule has 0 bridgehead atoms. The van der Waals surface area contributed by atoms with Gasteiger partial charge in [0, 0.05) is 24.7 Å². The van der Waals surface area contributed by atoms with Gasteiger partial charge in [0.25, 0.3) is 6.47 Å². The van der Waals surface area contributed by atoms with Crippen LogP contribution in [0.3, 0.4) is 0 Å². The van der Waals surface area contributed by atoms with Crippen LogP contribution in [0, 0.1) is 17.3 Å². The molecule has 0 radical (unpaired) electrons. The summed E-state index contributed by atoms with van der Waals surface area (Å²) in [4.78, 5) is 30.5. The van der Waals surface area contributed by atoms with Crippen LogP contribution in [0.1, 0.15) is 86.5 Å². The van der Waals surface area contributed by atoms with E-state index in [0.29, 0.717) is 25.2 Å². The van der Waals surface area contributed by atoms with Crippen LogP contribution >= 0.6 is 0 Å². The number of fused-ring (bicyclic) bond motifs is 4. The fourth-order valence-electron chi connectivity index (χ4n) is 5.21. The molecule has 0 aromatic heterocycles. The van der Waals surface area contributed by atoms with Crippen molar-refractivity contribution in [1.29, 1.82) is 0 Å². The van der Waals surface area contributed by atoms with E-state index in [0.717, 1.165) is 30.8 Å². The first-order valence-electron chi connectivity index (χ1n) is 12.0. The van der Waals surface area contributed by atoms with Crippen molar-refractivity contribution in [3.8, 4) is 0 Å². The molecule has 5 nitrogen and oxygen atoms in total. The summed E-state index contributed by atoms with van der Waals surface area (Å²) in [5.41, 5.74) is 5.42. The van der Waals surface area contributed by atoms with E-state index in [-0.39, 0.29) is 17.0 Å². The quantitative estimate of drug-likeness (QED) is 0.565. The van der Waals surface area contributed by atoms with Gasteiger partial charge in [-0.25, -0.2) is 0 Å². The number of methoxy groups -OCH3 is 1. The number of ketones is 2.